The van der Waals surface area contributed by atoms with Crippen molar-refractivity contribution in [3.8, 4) is 0 Å². The maximum absolute atomic E-state index is 12.7. The topological polar surface area (TPSA) is 230 Å². The van der Waals surface area contributed by atoms with Crippen molar-refractivity contribution in [3.63, 3.8) is 0 Å². The number of hydrogen-bond donors (Lipinski definition) is 8. The highest BCUT2D eigenvalue weighted by Crippen LogP contribution is 2.19. The fourth-order valence-corrected chi connectivity index (χ4v) is 3.19. The Morgan fingerprint density at radius 2 is 1.68 bits per heavy atom. The summed E-state index contributed by atoms with van der Waals surface area (Å²) in [4.78, 5) is 62.3. The number of para-hydroxylation sites is 1. The molecule has 0 bridgehead atoms. The van der Waals surface area contributed by atoms with Gasteiger partial charge < -0.3 is 42.6 Å². The van der Waals surface area contributed by atoms with Crippen molar-refractivity contribution in [3.05, 3.63) is 36.0 Å². The first-order valence-corrected chi connectivity index (χ1v) is 10.4. The highest BCUT2D eigenvalue weighted by Gasteiger charge is 2.28. The van der Waals surface area contributed by atoms with Gasteiger partial charge in [-0.05, 0) is 18.1 Å². The zero-order chi connectivity index (χ0) is 25.3. The molecule has 13 nitrogen and oxygen atoms in total. The summed E-state index contributed by atoms with van der Waals surface area (Å²) in [6.07, 6.45) is 1.48. The number of hydrogen-bond acceptors (Lipinski definition) is 7. The van der Waals surface area contributed by atoms with Crippen LogP contribution < -0.4 is 27.4 Å². The zero-order valence-electron chi connectivity index (χ0n) is 18.2. The second kappa shape index (κ2) is 12.3. The fraction of sp³-hybridized carbons (Fsp3) is 0.381. The molecule has 34 heavy (non-hydrogen) atoms. The van der Waals surface area contributed by atoms with Crippen LogP contribution in [-0.2, 0) is 30.4 Å². The van der Waals surface area contributed by atoms with E-state index >= 15 is 0 Å². The van der Waals surface area contributed by atoms with Gasteiger partial charge in [-0.2, -0.15) is 0 Å². The summed E-state index contributed by atoms with van der Waals surface area (Å²) in [5.41, 5.74) is 12.2. The Hall–Kier alpha value is -3.97. The number of benzene rings is 1. The highest BCUT2D eigenvalue weighted by atomic mass is 16.4. The van der Waals surface area contributed by atoms with E-state index in [1.807, 2.05) is 18.2 Å². The van der Waals surface area contributed by atoms with E-state index in [9.17, 15) is 29.1 Å². The number of fused-ring (bicyclic) bond motifs is 1. The third-order valence-corrected chi connectivity index (χ3v) is 5.00. The lowest BCUT2D eigenvalue weighted by molar-refractivity contribution is -0.138. The molecule has 13 heteroatoms. The van der Waals surface area contributed by atoms with Gasteiger partial charge in [-0.15, -0.1) is 0 Å². The van der Waals surface area contributed by atoms with Crippen LogP contribution in [0.15, 0.2) is 30.5 Å². The number of nitrogens with two attached hydrogens (primary N) is 2. The van der Waals surface area contributed by atoms with Crippen LogP contribution in [0, 0.1) is 0 Å². The summed E-state index contributed by atoms with van der Waals surface area (Å²) in [6, 6.07) is 3.48. The van der Waals surface area contributed by atoms with Crippen molar-refractivity contribution in [2.45, 2.75) is 37.4 Å². The van der Waals surface area contributed by atoms with Crippen molar-refractivity contribution in [1.82, 2.24) is 20.9 Å². The Balaban J connectivity index is 2.13. The molecule has 0 fully saturated rings. The maximum atomic E-state index is 12.7. The molecule has 1 aromatic carbocycles. The number of H-pyrrole nitrogens is 1. The number of amides is 4. The van der Waals surface area contributed by atoms with Crippen LogP contribution in [0.4, 0.5) is 0 Å². The number of aromatic nitrogens is 1. The maximum Gasteiger partial charge on any atom is 0.322 e. The normalized spacial score (nSPS) is 13.5. The number of carbonyl (C=O) groups is 5. The number of carbonyl (C=O) groups excluding carboxylic acids is 4. The predicted molar refractivity (Wildman–Crippen MR) is 120 cm³/mol. The Labute approximate surface area is 194 Å². The summed E-state index contributed by atoms with van der Waals surface area (Å²) >= 11 is 0. The first-order valence-electron chi connectivity index (χ1n) is 10.4. The van der Waals surface area contributed by atoms with Gasteiger partial charge in [0.1, 0.15) is 18.6 Å². The van der Waals surface area contributed by atoms with Crippen molar-refractivity contribution < 1.29 is 34.2 Å². The molecule has 3 unspecified atom stereocenters. The minimum atomic E-state index is -1.44. The minimum Gasteiger partial charge on any atom is -0.480 e. The van der Waals surface area contributed by atoms with Crippen LogP contribution in [0.2, 0.25) is 0 Å². The summed E-state index contributed by atoms with van der Waals surface area (Å²) in [5, 5.41) is 26.2. The van der Waals surface area contributed by atoms with Gasteiger partial charge in [-0.3, -0.25) is 24.0 Å². The molecule has 3 atom stereocenters. The van der Waals surface area contributed by atoms with Crippen molar-refractivity contribution >= 4 is 40.5 Å². The van der Waals surface area contributed by atoms with Crippen molar-refractivity contribution in [2.24, 2.45) is 11.5 Å². The molecule has 4 amide bonds. The molecule has 2 rings (SSSR count). The third kappa shape index (κ3) is 7.56. The van der Waals surface area contributed by atoms with Crippen molar-refractivity contribution in [2.75, 3.05) is 13.2 Å². The summed E-state index contributed by atoms with van der Waals surface area (Å²) < 4.78 is 0. The molecular formula is C21H28N6O7. The van der Waals surface area contributed by atoms with Gasteiger partial charge >= 0.3 is 5.97 Å². The molecular weight excluding hydrogens is 448 g/mol. The van der Waals surface area contributed by atoms with Gasteiger partial charge in [0.25, 0.3) is 0 Å². The molecule has 184 valence electrons. The molecule has 0 aliphatic carbocycles. The fourth-order valence-electron chi connectivity index (χ4n) is 3.19. The van der Waals surface area contributed by atoms with Crippen LogP contribution in [0.3, 0.4) is 0 Å². The number of aromatic amines is 1. The lowest BCUT2D eigenvalue weighted by atomic mass is 10.0. The molecule has 0 aliphatic heterocycles. The van der Waals surface area contributed by atoms with E-state index in [2.05, 4.69) is 20.9 Å². The molecule has 0 aliphatic rings. The van der Waals surface area contributed by atoms with Gasteiger partial charge in [-0.1, -0.05) is 18.2 Å². The molecule has 1 aromatic heterocycles. The largest absolute Gasteiger partial charge is 0.480 e. The number of primary amides is 1. The van der Waals surface area contributed by atoms with Crippen LogP contribution in [0.1, 0.15) is 18.4 Å². The van der Waals surface area contributed by atoms with Gasteiger partial charge in [0.15, 0.2) is 0 Å². The van der Waals surface area contributed by atoms with E-state index in [1.54, 1.807) is 12.3 Å². The van der Waals surface area contributed by atoms with Gasteiger partial charge in [0.05, 0.1) is 12.6 Å². The van der Waals surface area contributed by atoms with E-state index in [-0.39, 0.29) is 19.3 Å². The number of carboxylic acids is 1. The number of aliphatic hydroxyl groups excluding tert-OH is 1. The molecule has 0 saturated heterocycles. The standard InChI is InChI=1S/C21H28N6O7/c22-13(5-6-17(23)29)19(32)27-16(10-28)21(34)26-15(20(33)25-9-18(30)31)7-11-8-24-14-4-2-1-3-12(11)14/h1-4,8,13,15-16,24,28H,5-7,9-10,22H2,(H2,23,29)(H,25,33)(H,26,34)(H,27,32)(H,30,31). The van der Waals surface area contributed by atoms with E-state index in [1.165, 1.54) is 0 Å². The van der Waals surface area contributed by atoms with Crippen LogP contribution in [0.25, 0.3) is 10.9 Å². The summed E-state index contributed by atoms with van der Waals surface area (Å²) in [7, 11) is 0. The molecule has 2 aromatic rings. The Morgan fingerprint density at radius 3 is 2.32 bits per heavy atom. The average Bonchev–Trinajstić information content (AvgIpc) is 3.21. The second-order valence-electron chi connectivity index (χ2n) is 7.59. The Bertz CT molecular complexity index is 1050. The van der Waals surface area contributed by atoms with Gasteiger partial charge in [0, 0.05) is 29.9 Å². The van der Waals surface area contributed by atoms with E-state index < -0.39 is 60.9 Å². The summed E-state index contributed by atoms with van der Waals surface area (Å²) in [5.74, 6) is -4.35. The van der Waals surface area contributed by atoms with Crippen LogP contribution >= 0.6 is 0 Å². The van der Waals surface area contributed by atoms with E-state index in [0.29, 0.717) is 5.56 Å². The van der Waals surface area contributed by atoms with Crippen molar-refractivity contribution in [1.29, 1.82) is 0 Å². The average molecular weight is 476 g/mol. The van der Waals surface area contributed by atoms with E-state index in [4.69, 9.17) is 16.6 Å². The van der Waals surface area contributed by atoms with E-state index in [0.717, 1.165) is 10.9 Å². The first kappa shape index (κ1) is 26.3. The monoisotopic (exact) mass is 476 g/mol. The third-order valence-electron chi connectivity index (χ3n) is 5.00. The molecule has 0 saturated carbocycles. The second-order valence-corrected chi connectivity index (χ2v) is 7.59. The number of aliphatic carboxylic acids is 1. The number of nitrogens with one attached hydrogen (secondary N) is 4. The Morgan fingerprint density at radius 1 is 1.00 bits per heavy atom. The summed E-state index contributed by atoms with van der Waals surface area (Å²) in [6.45, 7) is -1.45. The lowest BCUT2D eigenvalue weighted by Crippen LogP contribution is -2.57. The first-order chi connectivity index (χ1) is 16.1. The van der Waals surface area contributed by atoms with Crippen LogP contribution in [-0.4, -0.2) is 76.1 Å². The smallest absolute Gasteiger partial charge is 0.322 e. The quantitative estimate of drug-likeness (QED) is 0.153. The van der Waals surface area contributed by atoms with Gasteiger partial charge in [0.2, 0.25) is 23.6 Å². The van der Waals surface area contributed by atoms with Crippen LogP contribution in [0.5, 0.6) is 0 Å². The number of aliphatic hydroxyl groups is 1. The Kier molecular flexibility index (Phi) is 9.52. The lowest BCUT2D eigenvalue weighted by Gasteiger charge is -2.23. The number of rotatable bonds is 13. The molecule has 0 radical (unpaired) electrons. The zero-order valence-corrected chi connectivity index (χ0v) is 18.2. The molecule has 0 spiro atoms. The minimum absolute atomic E-state index is 0.00538. The van der Waals surface area contributed by atoms with Gasteiger partial charge in [-0.25, -0.2) is 0 Å². The molecule has 10 N–H and O–H groups in total. The SMILES string of the molecule is NC(=O)CCC(N)C(=O)NC(CO)C(=O)NC(Cc1c[nH]c2ccccc12)C(=O)NCC(=O)O. The number of carboxylic acid groups (broad SMARTS) is 1. The molecule has 1 heterocycles. The predicted octanol–water partition coefficient (Wildman–Crippen LogP) is -2.53. The highest BCUT2D eigenvalue weighted by molar-refractivity contribution is 5.94.